The number of aliphatic hydroxyl groups is 3. The maximum Gasteiger partial charge on any atom is 0.306 e. The molecule has 4 N–H and O–H groups in total. The van der Waals surface area contributed by atoms with Crippen molar-refractivity contribution in [3.8, 4) is 0 Å². The molecule has 11 atom stereocenters. The van der Waals surface area contributed by atoms with Crippen molar-refractivity contribution >= 4 is 29.8 Å². The second-order valence-corrected chi connectivity index (χ2v) is 16.5. The standard InChI is InChI=1S/C40H64O15/c1-25(4-7-33(44)45)28-5-6-29-38-30(24-32(40(28,29)3)55-37(49)11-9-35(47)53-21-19-51-17-15-42)39(2)13-12-27(43)22-26(39)23-31(38)54-36(48)10-8-34(46)52-20-18-50-16-14-41/h25-32,38,41-43H,4-24H2,1-3H3,(H,44,45)/t25-,26+,27-,28-,29+,30+,31-,32+,38+,39+,40-/m1/s1. The average molecular weight is 785 g/mol. The molecule has 0 aromatic heterocycles. The van der Waals surface area contributed by atoms with Gasteiger partial charge in [0.25, 0.3) is 0 Å². The van der Waals surface area contributed by atoms with Gasteiger partial charge in [-0.1, -0.05) is 20.8 Å². The minimum Gasteiger partial charge on any atom is -0.481 e. The second-order valence-electron chi connectivity index (χ2n) is 16.5. The Balaban J connectivity index is 1.55. The zero-order valence-corrected chi connectivity index (χ0v) is 32.8. The zero-order chi connectivity index (χ0) is 40.2. The minimum atomic E-state index is -0.873. The number of aliphatic carboxylic acids is 1. The van der Waals surface area contributed by atoms with Gasteiger partial charge in [0, 0.05) is 17.8 Å². The molecule has 4 saturated carbocycles. The number of carboxylic acids is 1. The van der Waals surface area contributed by atoms with E-state index in [0.717, 1.165) is 19.3 Å². The maximum absolute atomic E-state index is 13.6. The number of carbonyl (C=O) groups excluding carboxylic acids is 4. The third kappa shape index (κ3) is 11.6. The molecular weight excluding hydrogens is 720 g/mol. The van der Waals surface area contributed by atoms with E-state index in [9.17, 15) is 34.2 Å². The van der Waals surface area contributed by atoms with E-state index < -0.39 is 53.6 Å². The largest absolute Gasteiger partial charge is 0.481 e. The number of carbonyl (C=O) groups is 5. The molecule has 0 amide bonds. The quantitative estimate of drug-likeness (QED) is 0.0703. The topological polar surface area (TPSA) is 222 Å². The monoisotopic (exact) mass is 784 g/mol. The van der Waals surface area contributed by atoms with Crippen LogP contribution in [-0.2, 0) is 52.4 Å². The van der Waals surface area contributed by atoms with Crippen molar-refractivity contribution in [2.24, 2.45) is 46.3 Å². The lowest BCUT2D eigenvalue weighted by molar-refractivity contribution is -0.225. The van der Waals surface area contributed by atoms with Gasteiger partial charge < -0.3 is 48.8 Å². The Morgan fingerprint density at radius 2 is 1.27 bits per heavy atom. The van der Waals surface area contributed by atoms with E-state index in [-0.39, 0.29) is 126 Å². The first-order valence-corrected chi connectivity index (χ1v) is 20.2. The van der Waals surface area contributed by atoms with Gasteiger partial charge in [-0.25, -0.2) is 0 Å². The third-order valence-corrected chi connectivity index (χ3v) is 13.4. The van der Waals surface area contributed by atoms with Crippen LogP contribution in [0.15, 0.2) is 0 Å². The van der Waals surface area contributed by atoms with Gasteiger partial charge >= 0.3 is 29.8 Å². The van der Waals surface area contributed by atoms with E-state index in [0.29, 0.717) is 32.1 Å². The Hall–Kier alpha value is -2.85. The summed E-state index contributed by atoms with van der Waals surface area (Å²) in [6.45, 7) is 6.71. The second kappa shape index (κ2) is 21.1. The molecule has 0 radical (unpaired) electrons. The van der Waals surface area contributed by atoms with E-state index in [1.807, 2.05) is 0 Å². The highest BCUT2D eigenvalue weighted by atomic mass is 16.6. The Kier molecular flexibility index (Phi) is 17.2. The molecule has 4 rings (SSSR count). The van der Waals surface area contributed by atoms with Gasteiger partial charge in [-0.2, -0.15) is 0 Å². The summed E-state index contributed by atoms with van der Waals surface area (Å²) >= 11 is 0. The van der Waals surface area contributed by atoms with Gasteiger partial charge in [0.15, 0.2) is 0 Å². The van der Waals surface area contributed by atoms with Crippen molar-refractivity contribution in [3.05, 3.63) is 0 Å². The van der Waals surface area contributed by atoms with Crippen LogP contribution in [0, 0.1) is 46.3 Å². The minimum absolute atomic E-state index is 0.00105. The Morgan fingerprint density at radius 1 is 0.691 bits per heavy atom. The molecule has 0 spiro atoms. The molecule has 4 aliphatic carbocycles. The summed E-state index contributed by atoms with van der Waals surface area (Å²) < 4.78 is 33.3. The zero-order valence-electron chi connectivity index (χ0n) is 32.8. The molecule has 0 saturated heterocycles. The molecule has 55 heavy (non-hydrogen) atoms. The molecular formula is C40H64O15. The first-order valence-electron chi connectivity index (χ1n) is 20.2. The van der Waals surface area contributed by atoms with Crippen LogP contribution in [0.25, 0.3) is 0 Å². The van der Waals surface area contributed by atoms with Gasteiger partial charge in [0.05, 0.1) is 71.4 Å². The summed E-state index contributed by atoms with van der Waals surface area (Å²) in [5, 5.41) is 38.0. The van der Waals surface area contributed by atoms with Crippen LogP contribution in [0.5, 0.6) is 0 Å². The summed E-state index contributed by atoms with van der Waals surface area (Å²) in [4.78, 5) is 63.4. The average Bonchev–Trinajstić information content (AvgIpc) is 3.51. The molecule has 0 aromatic rings. The number of rotatable bonds is 22. The molecule has 0 bridgehead atoms. The summed E-state index contributed by atoms with van der Waals surface area (Å²) in [7, 11) is 0. The lowest BCUT2D eigenvalue weighted by atomic mass is 9.43. The molecule has 15 heteroatoms. The number of carboxylic acid groups (broad SMARTS) is 1. The predicted molar refractivity (Wildman–Crippen MR) is 194 cm³/mol. The van der Waals surface area contributed by atoms with E-state index in [2.05, 4.69) is 20.8 Å². The fourth-order valence-corrected chi connectivity index (χ4v) is 10.7. The fourth-order valence-electron chi connectivity index (χ4n) is 10.7. The number of fused-ring (bicyclic) bond motifs is 5. The highest BCUT2D eigenvalue weighted by molar-refractivity contribution is 5.78. The number of esters is 4. The van der Waals surface area contributed by atoms with E-state index in [1.165, 1.54) is 0 Å². The van der Waals surface area contributed by atoms with Crippen molar-refractivity contribution in [2.45, 2.75) is 123 Å². The van der Waals surface area contributed by atoms with E-state index in [4.69, 9.17) is 38.6 Å². The first kappa shape index (κ1) is 44.9. The molecule has 4 aliphatic rings. The van der Waals surface area contributed by atoms with Crippen LogP contribution in [0.1, 0.15) is 104 Å². The third-order valence-electron chi connectivity index (χ3n) is 13.4. The summed E-state index contributed by atoms with van der Waals surface area (Å²) in [5.74, 6) is -3.10. The number of ether oxygens (including phenoxy) is 6. The maximum atomic E-state index is 13.6. The van der Waals surface area contributed by atoms with Gasteiger partial charge in [-0.15, -0.1) is 0 Å². The number of aliphatic hydroxyl groups excluding tert-OH is 3. The van der Waals surface area contributed by atoms with Crippen LogP contribution in [0.3, 0.4) is 0 Å². The molecule has 0 unspecified atom stereocenters. The molecule has 0 aromatic carbocycles. The van der Waals surface area contributed by atoms with Crippen LogP contribution in [-0.4, -0.2) is 121 Å². The van der Waals surface area contributed by atoms with Crippen molar-refractivity contribution in [1.82, 2.24) is 0 Å². The Labute approximate surface area is 324 Å². The lowest BCUT2D eigenvalue weighted by Crippen LogP contribution is -2.63. The summed E-state index contributed by atoms with van der Waals surface area (Å²) in [6, 6.07) is 0. The fraction of sp³-hybridized carbons (Fsp3) is 0.875. The van der Waals surface area contributed by atoms with Crippen molar-refractivity contribution in [1.29, 1.82) is 0 Å². The number of hydrogen-bond acceptors (Lipinski definition) is 14. The Morgan fingerprint density at radius 3 is 1.85 bits per heavy atom. The number of hydrogen-bond donors (Lipinski definition) is 4. The SMILES string of the molecule is C[C@H](CCC(=O)O)[C@H]1CC[C@H]2[C@@H]3[C@H](OC(=O)CCC(=O)OCCOCCO)C[C@@H]4C[C@H](O)CC[C@]4(C)[C@H]3C[C@H](OC(=O)CCC(=O)OCCOCCO)[C@]12C. The Bertz CT molecular complexity index is 1290. The molecule has 314 valence electrons. The van der Waals surface area contributed by atoms with Crippen LogP contribution >= 0.6 is 0 Å². The van der Waals surface area contributed by atoms with Crippen molar-refractivity contribution in [3.63, 3.8) is 0 Å². The van der Waals surface area contributed by atoms with Crippen molar-refractivity contribution in [2.75, 3.05) is 52.9 Å². The molecule has 0 heterocycles. The normalized spacial score (nSPS) is 33.0. The molecule has 15 nitrogen and oxygen atoms in total. The summed E-state index contributed by atoms with van der Waals surface area (Å²) in [5.41, 5.74) is -0.807. The van der Waals surface area contributed by atoms with Crippen LogP contribution < -0.4 is 0 Å². The van der Waals surface area contributed by atoms with Crippen LogP contribution in [0.2, 0.25) is 0 Å². The van der Waals surface area contributed by atoms with Gasteiger partial charge in [-0.05, 0) is 86.4 Å². The van der Waals surface area contributed by atoms with Gasteiger partial charge in [-0.3, -0.25) is 24.0 Å². The highest BCUT2D eigenvalue weighted by Gasteiger charge is 2.67. The predicted octanol–water partition coefficient (Wildman–Crippen LogP) is 3.22. The smallest absolute Gasteiger partial charge is 0.306 e. The van der Waals surface area contributed by atoms with Crippen molar-refractivity contribution < 1.29 is 72.8 Å². The first-order chi connectivity index (χ1) is 26.2. The molecule has 4 fully saturated rings. The highest BCUT2D eigenvalue weighted by Crippen LogP contribution is 2.69. The van der Waals surface area contributed by atoms with E-state index in [1.54, 1.807) is 0 Å². The van der Waals surface area contributed by atoms with Gasteiger partial charge in [0.1, 0.15) is 25.4 Å². The van der Waals surface area contributed by atoms with E-state index >= 15 is 0 Å². The van der Waals surface area contributed by atoms with Gasteiger partial charge in [0.2, 0.25) is 0 Å². The molecule has 0 aliphatic heterocycles. The lowest BCUT2D eigenvalue weighted by Gasteiger charge is -2.64. The van der Waals surface area contributed by atoms with Crippen LogP contribution in [0.4, 0.5) is 0 Å². The summed E-state index contributed by atoms with van der Waals surface area (Å²) in [6.07, 6.45) is 2.91.